The first-order valence-corrected chi connectivity index (χ1v) is 7.16. The minimum Gasteiger partial charge on any atom is -0.379 e. The van der Waals surface area contributed by atoms with Crippen molar-refractivity contribution in [3.8, 4) is 0 Å². The highest BCUT2D eigenvalue weighted by Crippen LogP contribution is 2.51. The average Bonchev–Trinajstić information content (AvgIpc) is 3.04. The van der Waals surface area contributed by atoms with Gasteiger partial charge in [0.15, 0.2) is 0 Å². The van der Waals surface area contributed by atoms with E-state index in [2.05, 4.69) is 24.5 Å². The summed E-state index contributed by atoms with van der Waals surface area (Å²) in [6, 6.07) is 4.55. The summed E-state index contributed by atoms with van der Waals surface area (Å²) < 4.78 is 0. The van der Waals surface area contributed by atoms with E-state index >= 15 is 0 Å². The summed E-state index contributed by atoms with van der Waals surface area (Å²) >= 11 is 0. The minimum atomic E-state index is -0.473. The molecule has 1 amide bonds. The van der Waals surface area contributed by atoms with Crippen molar-refractivity contribution in [2.24, 2.45) is 11.3 Å². The number of nitrogens with one attached hydrogen (secondary N) is 2. The molecule has 1 aromatic rings. The molecule has 1 saturated carbocycles. The Labute approximate surface area is 124 Å². The van der Waals surface area contributed by atoms with Gasteiger partial charge in [-0.05, 0) is 30.7 Å². The van der Waals surface area contributed by atoms with Crippen molar-refractivity contribution >= 4 is 17.3 Å². The summed E-state index contributed by atoms with van der Waals surface area (Å²) in [5.41, 5.74) is 0.832. The lowest BCUT2D eigenvalue weighted by Crippen LogP contribution is -2.27. The number of hydrogen-bond acceptors (Lipinski definition) is 4. The van der Waals surface area contributed by atoms with Crippen LogP contribution in [-0.2, 0) is 0 Å². The molecule has 0 radical (unpaired) electrons. The summed E-state index contributed by atoms with van der Waals surface area (Å²) in [4.78, 5) is 22.9. The molecule has 0 heterocycles. The Hall–Kier alpha value is -2.11. The minimum absolute atomic E-state index is 0.0729. The highest BCUT2D eigenvalue weighted by molar-refractivity contribution is 6.01. The van der Waals surface area contributed by atoms with E-state index in [1.54, 1.807) is 6.07 Å². The van der Waals surface area contributed by atoms with Gasteiger partial charge >= 0.3 is 0 Å². The molecule has 1 aliphatic carbocycles. The number of carbonyl (C=O) groups is 1. The third-order valence-electron chi connectivity index (χ3n) is 4.06. The van der Waals surface area contributed by atoms with E-state index in [4.69, 9.17) is 0 Å². The van der Waals surface area contributed by atoms with Crippen LogP contribution in [-0.4, -0.2) is 23.9 Å². The topological polar surface area (TPSA) is 84.3 Å². The second-order valence-electron chi connectivity index (χ2n) is 6.09. The number of benzene rings is 1. The predicted octanol–water partition coefficient (Wildman–Crippen LogP) is 2.80. The first kappa shape index (κ1) is 15.3. The number of para-hydroxylation sites is 1. The fourth-order valence-electron chi connectivity index (χ4n) is 2.48. The highest BCUT2D eigenvalue weighted by atomic mass is 16.6. The van der Waals surface area contributed by atoms with Crippen molar-refractivity contribution in [1.82, 2.24) is 5.32 Å². The molecule has 1 atom stereocenters. The first-order chi connectivity index (χ1) is 9.86. The Bertz CT molecular complexity index is 569. The molecule has 2 rings (SSSR count). The number of amides is 1. The monoisotopic (exact) mass is 291 g/mol. The quantitative estimate of drug-likeness (QED) is 0.623. The van der Waals surface area contributed by atoms with Crippen LogP contribution in [0.15, 0.2) is 18.2 Å². The molecule has 0 bridgehead atoms. The van der Waals surface area contributed by atoms with Crippen molar-refractivity contribution in [2.45, 2.75) is 27.2 Å². The zero-order valence-electron chi connectivity index (χ0n) is 12.6. The van der Waals surface area contributed by atoms with Crippen LogP contribution in [0.5, 0.6) is 0 Å². The molecule has 114 valence electrons. The fraction of sp³-hybridized carbons (Fsp3) is 0.533. The zero-order chi connectivity index (χ0) is 15.6. The number of nitrogens with zero attached hydrogens (tertiary/aromatic N) is 1. The molecule has 0 spiro atoms. The predicted molar refractivity (Wildman–Crippen MR) is 81.5 cm³/mol. The zero-order valence-corrected chi connectivity index (χ0v) is 12.6. The molecule has 1 unspecified atom stereocenters. The van der Waals surface area contributed by atoms with Crippen molar-refractivity contribution in [3.63, 3.8) is 0 Å². The number of hydrogen-bond donors (Lipinski definition) is 2. The van der Waals surface area contributed by atoms with Crippen molar-refractivity contribution in [2.75, 3.05) is 18.4 Å². The van der Waals surface area contributed by atoms with Crippen LogP contribution >= 0.6 is 0 Å². The van der Waals surface area contributed by atoms with Crippen LogP contribution in [0.1, 0.15) is 37.6 Å². The van der Waals surface area contributed by atoms with Crippen molar-refractivity contribution < 1.29 is 9.72 Å². The maximum Gasteiger partial charge on any atom is 0.293 e. The van der Waals surface area contributed by atoms with Crippen molar-refractivity contribution in [1.29, 1.82) is 0 Å². The number of rotatable bonds is 6. The van der Waals surface area contributed by atoms with Crippen molar-refractivity contribution in [3.05, 3.63) is 33.9 Å². The Morgan fingerprint density at radius 1 is 1.48 bits per heavy atom. The average molecular weight is 291 g/mol. The standard InChI is InChI=1S/C15H21N3O3/c1-4-16-13-11(6-5-7-12(13)18(20)21)14(19)17-9-10-8-15(10,2)3/h5-7,10,16H,4,8-9H2,1-3H3,(H,17,19). The fourth-order valence-corrected chi connectivity index (χ4v) is 2.48. The van der Waals surface area contributed by atoms with E-state index in [1.807, 2.05) is 6.92 Å². The molecule has 21 heavy (non-hydrogen) atoms. The van der Waals surface area contributed by atoms with Gasteiger partial charge in [0.05, 0.1) is 10.5 Å². The Morgan fingerprint density at radius 3 is 2.67 bits per heavy atom. The summed E-state index contributed by atoms with van der Waals surface area (Å²) in [6.07, 6.45) is 1.10. The van der Waals surface area contributed by atoms with Gasteiger partial charge in [-0.1, -0.05) is 19.9 Å². The number of nitro benzene ring substituents is 1. The molecule has 1 aliphatic rings. The van der Waals surface area contributed by atoms with E-state index in [1.165, 1.54) is 12.1 Å². The first-order valence-electron chi connectivity index (χ1n) is 7.16. The number of anilines is 1. The maximum absolute atomic E-state index is 12.3. The van der Waals surface area contributed by atoms with Gasteiger partial charge in [-0.3, -0.25) is 14.9 Å². The summed E-state index contributed by atoms with van der Waals surface area (Å²) in [6.45, 7) is 7.30. The Morgan fingerprint density at radius 2 is 2.14 bits per heavy atom. The largest absolute Gasteiger partial charge is 0.379 e. The second-order valence-corrected chi connectivity index (χ2v) is 6.09. The van der Waals surface area contributed by atoms with Crippen LogP contribution in [0.25, 0.3) is 0 Å². The Kier molecular flexibility index (Phi) is 4.16. The second kappa shape index (κ2) is 5.71. The van der Waals surface area contributed by atoms with Gasteiger partial charge in [0.25, 0.3) is 11.6 Å². The van der Waals surface area contributed by atoms with E-state index in [0.717, 1.165) is 6.42 Å². The SMILES string of the molecule is CCNc1c(C(=O)NCC2CC2(C)C)cccc1[N+](=O)[O-]. The normalized spacial score (nSPS) is 18.9. The van der Waals surface area contributed by atoms with E-state index < -0.39 is 4.92 Å². The van der Waals surface area contributed by atoms with Crippen LogP contribution in [0.3, 0.4) is 0 Å². The summed E-state index contributed by atoms with van der Waals surface area (Å²) in [7, 11) is 0. The Balaban J connectivity index is 2.15. The highest BCUT2D eigenvalue weighted by Gasteiger charge is 2.45. The number of carbonyl (C=O) groups excluding carboxylic acids is 1. The molecule has 0 aromatic heterocycles. The molecular formula is C15H21N3O3. The molecular weight excluding hydrogens is 270 g/mol. The molecule has 1 fully saturated rings. The van der Waals surface area contributed by atoms with E-state index in [-0.39, 0.29) is 17.3 Å². The molecule has 6 nitrogen and oxygen atoms in total. The van der Waals surface area contributed by atoms with Gasteiger partial charge in [0, 0.05) is 19.2 Å². The molecule has 1 aromatic carbocycles. The third kappa shape index (κ3) is 3.32. The van der Waals surface area contributed by atoms with Gasteiger partial charge in [-0.2, -0.15) is 0 Å². The summed E-state index contributed by atoms with van der Waals surface area (Å²) in [5, 5.41) is 16.9. The smallest absolute Gasteiger partial charge is 0.293 e. The lowest BCUT2D eigenvalue weighted by Gasteiger charge is -2.12. The lowest BCUT2D eigenvalue weighted by atomic mass is 10.1. The molecule has 0 aliphatic heterocycles. The molecule has 0 saturated heterocycles. The van der Waals surface area contributed by atoms with Gasteiger partial charge < -0.3 is 10.6 Å². The molecule has 2 N–H and O–H groups in total. The van der Waals surface area contributed by atoms with Gasteiger partial charge in [-0.15, -0.1) is 0 Å². The van der Waals surface area contributed by atoms with Crippen LogP contribution in [0.2, 0.25) is 0 Å². The summed E-state index contributed by atoms with van der Waals surface area (Å²) in [5.74, 6) is 0.222. The van der Waals surface area contributed by atoms with Crippen LogP contribution in [0.4, 0.5) is 11.4 Å². The van der Waals surface area contributed by atoms with E-state index in [9.17, 15) is 14.9 Å². The lowest BCUT2D eigenvalue weighted by molar-refractivity contribution is -0.384. The van der Waals surface area contributed by atoms with E-state index in [0.29, 0.717) is 30.0 Å². The number of nitro groups is 1. The van der Waals surface area contributed by atoms with Gasteiger partial charge in [0.1, 0.15) is 5.69 Å². The van der Waals surface area contributed by atoms with Gasteiger partial charge in [-0.25, -0.2) is 0 Å². The third-order valence-corrected chi connectivity index (χ3v) is 4.06. The maximum atomic E-state index is 12.3. The van der Waals surface area contributed by atoms with Crippen LogP contribution < -0.4 is 10.6 Å². The van der Waals surface area contributed by atoms with Crippen LogP contribution in [0, 0.1) is 21.4 Å². The molecule has 6 heteroatoms. The van der Waals surface area contributed by atoms with Gasteiger partial charge in [0.2, 0.25) is 0 Å².